The lowest BCUT2D eigenvalue weighted by Crippen LogP contribution is -2.40. The molecule has 10 heteroatoms. The van der Waals surface area contributed by atoms with E-state index in [1.165, 1.54) is 6.92 Å². The van der Waals surface area contributed by atoms with Crippen LogP contribution in [0.5, 0.6) is 0 Å². The van der Waals surface area contributed by atoms with Gasteiger partial charge in [-0.25, -0.2) is 17.2 Å². The van der Waals surface area contributed by atoms with Gasteiger partial charge in [-0.15, -0.1) is 0 Å². The Bertz CT molecular complexity index is 558. The van der Waals surface area contributed by atoms with Gasteiger partial charge in [-0.3, -0.25) is 9.48 Å². The number of aromatic nitrogens is 2. The van der Waals surface area contributed by atoms with Crippen LogP contribution in [0.3, 0.4) is 0 Å². The molecule has 0 aliphatic heterocycles. The summed E-state index contributed by atoms with van der Waals surface area (Å²) in [5.41, 5.74) is 0. The molecule has 1 heterocycles. The van der Waals surface area contributed by atoms with Crippen molar-refractivity contribution >= 4 is 16.0 Å². The van der Waals surface area contributed by atoms with Crippen molar-refractivity contribution in [2.75, 3.05) is 7.05 Å². The zero-order valence-electron chi connectivity index (χ0n) is 10.2. The van der Waals surface area contributed by atoms with E-state index in [0.717, 1.165) is 24.1 Å². The second-order valence-electron chi connectivity index (χ2n) is 3.82. The minimum atomic E-state index is -4.07. The van der Waals surface area contributed by atoms with Gasteiger partial charge in [0.15, 0.2) is 0 Å². The Morgan fingerprint density at radius 2 is 2.16 bits per heavy atom. The molecule has 1 unspecified atom stereocenters. The number of hydrogen-bond acceptors (Lipinski definition) is 4. The van der Waals surface area contributed by atoms with E-state index in [-0.39, 0.29) is 4.90 Å². The van der Waals surface area contributed by atoms with Crippen LogP contribution in [0.25, 0.3) is 0 Å². The molecule has 0 spiro atoms. The van der Waals surface area contributed by atoms with Crippen molar-refractivity contribution in [2.24, 2.45) is 0 Å². The van der Waals surface area contributed by atoms with E-state index < -0.39 is 35.0 Å². The van der Waals surface area contributed by atoms with Gasteiger partial charge in [-0.05, 0) is 6.92 Å². The van der Waals surface area contributed by atoms with Crippen molar-refractivity contribution in [1.82, 2.24) is 14.1 Å². The van der Waals surface area contributed by atoms with Crippen LogP contribution in [-0.2, 0) is 21.4 Å². The van der Waals surface area contributed by atoms with Gasteiger partial charge in [0.25, 0.3) is 6.43 Å². The maximum atomic E-state index is 12.1. The number of carboxylic acids is 1. The third-order valence-electron chi connectivity index (χ3n) is 2.51. The molecule has 108 valence electrons. The third-order valence-corrected chi connectivity index (χ3v) is 4.40. The molecule has 1 aromatic heterocycles. The van der Waals surface area contributed by atoms with Gasteiger partial charge in [0, 0.05) is 13.2 Å². The van der Waals surface area contributed by atoms with E-state index in [4.69, 9.17) is 5.11 Å². The first-order valence-corrected chi connectivity index (χ1v) is 6.61. The second kappa shape index (κ2) is 5.61. The number of aliphatic carboxylic acids is 1. The summed E-state index contributed by atoms with van der Waals surface area (Å²) in [4.78, 5) is 10.4. The van der Waals surface area contributed by atoms with E-state index in [2.05, 4.69) is 5.10 Å². The van der Waals surface area contributed by atoms with Gasteiger partial charge < -0.3 is 5.11 Å². The summed E-state index contributed by atoms with van der Waals surface area (Å²) < 4.78 is 49.7. The zero-order valence-corrected chi connectivity index (χ0v) is 11.0. The van der Waals surface area contributed by atoms with Crippen LogP contribution >= 0.6 is 0 Å². The van der Waals surface area contributed by atoms with E-state index in [1.54, 1.807) is 0 Å². The van der Waals surface area contributed by atoms with Gasteiger partial charge in [0.2, 0.25) is 10.0 Å². The van der Waals surface area contributed by atoms with Crippen molar-refractivity contribution in [3.05, 3.63) is 12.4 Å². The fraction of sp³-hybridized carbons (Fsp3) is 0.556. The van der Waals surface area contributed by atoms with Crippen LogP contribution in [0.2, 0.25) is 0 Å². The van der Waals surface area contributed by atoms with Crippen molar-refractivity contribution in [3.8, 4) is 0 Å². The predicted octanol–water partition coefficient (Wildman–Crippen LogP) is 0.242. The minimum Gasteiger partial charge on any atom is -0.480 e. The van der Waals surface area contributed by atoms with Crippen LogP contribution < -0.4 is 0 Å². The molecule has 0 saturated carbocycles. The Morgan fingerprint density at radius 3 is 2.63 bits per heavy atom. The van der Waals surface area contributed by atoms with E-state index in [9.17, 15) is 22.0 Å². The second-order valence-corrected chi connectivity index (χ2v) is 5.82. The van der Waals surface area contributed by atoms with Crippen LogP contribution in [0.15, 0.2) is 17.3 Å². The van der Waals surface area contributed by atoms with Crippen molar-refractivity contribution < 1.29 is 27.1 Å². The lowest BCUT2D eigenvalue weighted by Gasteiger charge is -2.19. The summed E-state index contributed by atoms with van der Waals surface area (Å²) in [7, 11) is -2.98. The third kappa shape index (κ3) is 3.47. The van der Waals surface area contributed by atoms with Crippen molar-refractivity contribution in [2.45, 2.75) is 30.8 Å². The number of alkyl halides is 2. The summed E-state index contributed by atoms with van der Waals surface area (Å²) in [6.45, 7) is 0.469. The Hall–Kier alpha value is -1.55. The molecule has 1 aromatic rings. The normalized spacial score (nSPS) is 14.0. The predicted molar refractivity (Wildman–Crippen MR) is 60.3 cm³/mol. The summed E-state index contributed by atoms with van der Waals surface area (Å²) in [5, 5.41) is 12.3. The number of carbonyl (C=O) groups is 1. The van der Waals surface area contributed by atoms with Crippen LogP contribution in [0, 0.1) is 0 Å². The number of carboxylic acid groups (broad SMARTS) is 1. The molecule has 19 heavy (non-hydrogen) atoms. The highest BCUT2D eigenvalue weighted by Gasteiger charge is 2.30. The summed E-state index contributed by atoms with van der Waals surface area (Å²) in [6, 6.07) is -1.27. The Morgan fingerprint density at radius 1 is 1.58 bits per heavy atom. The fourth-order valence-corrected chi connectivity index (χ4v) is 2.52. The van der Waals surface area contributed by atoms with E-state index in [0.29, 0.717) is 4.31 Å². The molecule has 0 aliphatic carbocycles. The average Bonchev–Trinajstić information content (AvgIpc) is 2.74. The van der Waals surface area contributed by atoms with Gasteiger partial charge in [-0.1, -0.05) is 0 Å². The molecule has 0 amide bonds. The maximum Gasteiger partial charge on any atom is 0.321 e. The number of hydrogen-bond donors (Lipinski definition) is 1. The Balaban J connectivity index is 3.00. The Kier molecular flexibility index (Phi) is 4.58. The maximum absolute atomic E-state index is 12.1. The number of nitrogens with zero attached hydrogens (tertiary/aromatic N) is 3. The molecule has 0 bridgehead atoms. The topological polar surface area (TPSA) is 92.5 Å². The quantitative estimate of drug-likeness (QED) is 0.812. The highest BCUT2D eigenvalue weighted by molar-refractivity contribution is 7.89. The number of halogens is 2. The van der Waals surface area contributed by atoms with Gasteiger partial charge in [0.05, 0.1) is 6.20 Å². The van der Waals surface area contributed by atoms with Gasteiger partial charge in [0.1, 0.15) is 17.5 Å². The monoisotopic (exact) mass is 297 g/mol. The highest BCUT2D eigenvalue weighted by Crippen LogP contribution is 2.16. The summed E-state index contributed by atoms with van der Waals surface area (Å²) in [5.74, 6) is -1.31. The van der Waals surface area contributed by atoms with Crippen molar-refractivity contribution in [3.63, 3.8) is 0 Å². The van der Waals surface area contributed by atoms with E-state index >= 15 is 0 Å². The average molecular weight is 297 g/mol. The molecule has 0 radical (unpaired) electrons. The first kappa shape index (κ1) is 15.5. The molecule has 1 rings (SSSR count). The first-order chi connectivity index (χ1) is 8.66. The molecule has 0 saturated heterocycles. The molecule has 0 aliphatic rings. The molecular formula is C9H13F2N3O4S. The molecule has 7 nitrogen and oxygen atoms in total. The first-order valence-electron chi connectivity index (χ1n) is 5.17. The van der Waals surface area contributed by atoms with Gasteiger partial charge in [-0.2, -0.15) is 9.40 Å². The number of likely N-dealkylation sites (N-methyl/N-ethyl adjacent to an activating group) is 1. The summed E-state index contributed by atoms with van der Waals surface area (Å²) in [6.07, 6.45) is -0.818. The van der Waals surface area contributed by atoms with Crippen LogP contribution in [0.1, 0.15) is 6.92 Å². The molecule has 1 N–H and O–H groups in total. The largest absolute Gasteiger partial charge is 0.480 e. The Labute approximate surface area is 108 Å². The minimum absolute atomic E-state index is 0.330. The van der Waals surface area contributed by atoms with Gasteiger partial charge >= 0.3 is 5.97 Å². The highest BCUT2D eigenvalue weighted by atomic mass is 32.2. The standard InChI is InChI=1S/C9H13F2N3O4S/c1-6(9(15)16)13(2)19(17,18)7-3-12-14(4-7)5-8(10)11/h3-4,6,8H,5H2,1-2H3,(H,15,16). The molecule has 1 atom stereocenters. The summed E-state index contributed by atoms with van der Waals surface area (Å²) >= 11 is 0. The number of sulfonamides is 1. The SMILES string of the molecule is CC(C(=O)O)N(C)S(=O)(=O)c1cnn(CC(F)F)c1. The lowest BCUT2D eigenvalue weighted by molar-refractivity contribution is -0.140. The van der Waals surface area contributed by atoms with Crippen LogP contribution in [-0.4, -0.2) is 53.1 Å². The molecule has 0 aromatic carbocycles. The smallest absolute Gasteiger partial charge is 0.321 e. The molecule has 0 fully saturated rings. The fourth-order valence-electron chi connectivity index (χ4n) is 1.25. The van der Waals surface area contributed by atoms with E-state index in [1.807, 2.05) is 0 Å². The lowest BCUT2D eigenvalue weighted by atomic mass is 10.4. The molecular weight excluding hydrogens is 284 g/mol. The van der Waals surface area contributed by atoms with Crippen molar-refractivity contribution in [1.29, 1.82) is 0 Å². The number of rotatable bonds is 6. The zero-order chi connectivity index (χ0) is 14.8. The van der Waals surface area contributed by atoms with Crippen LogP contribution in [0.4, 0.5) is 8.78 Å².